The molecule has 6 heteroatoms. The first-order valence-corrected chi connectivity index (χ1v) is 7.67. The largest absolute Gasteiger partial charge is 0.389 e. The summed E-state index contributed by atoms with van der Waals surface area (Å²) in [5, 5.41) is 17.1. The van der Waals surface area contributed by atoms with Crippen molar-refractivity contribution >= 4 is 28.6 Å². The summed E-state index contributed by atoms with van der Waals surface area (Å²) in [7, 11) is 0. The molecule has 0 atom stereocenters. The Balaban J connectivity index is 1.91. The molecule has 0 bridgehead atoms. The molecule has 0 unspecified atom stereocenters. The predicted molar refractivity (Wildman–Crippen MR) is 78.4 cm³/mol. The molecule has 0 radical (unpaired) electrons. The van der Waals surface area contributed by atoms with Gasteiger partial charge in [0.25, 0.3) is 0 Å². The molecule has 0 saturated heterocycles. The SMILES string of the molecule is CC(C)(O)CNC(=O)Cc1csc(-c2cccs2)n1. The Hall–Kier alpha value is -1.24. The van der Waals surface area contributed by atoms with Crippen molar-refractivity contribution in [3.05, 3.63) is 28.6 Å². The Bertz CT molecular complexity index is 541. The van der Waals surface area contributed by atoms with Crippen molar-refractivity contribution in [1.82, 2.24) is 10.3 Å². The second-order valence-electron chi connectivity index (χ2n) is 4.89. The number of aliphatic hydroxyl groups is 1. The number of aromatic nitrogens is 1. The van der Waals surface area contributed by atoms with Gasteiger partial charge in [-0.25, -0.2) is 4.98 Å². The quantitative estimate of drug-likeness (QED) is 0.890. The number of carbonyl (C=O) groups excluding carboxylic acids is 1. The van der Waals surface area contributed by atoms with Gasteiger partial charge >= 0.3 is 0 Å². The van der Waals surface area contributed by atoms with Crippen LogP contribution in [0.5, 0.6) is 0 Å². The van der Waals surface area contributed by atoms with Gasteiger partial charge in [-0.15, -0.1) is 22.7 Å². The summed E-state index contributed by atoms with van der Waals surface area (Å²) >= 11 is 3.18. The molecule has 2 heterocycles. The van der Waals surface area contributed by atoms with Gasteiger partial charge in [0.05, 0.1) is 22.6 Å². The Morgan fingerprint density at radius 3 is 2.89 bits per heavy atom. The third kappa shape index (κ3) is 4.41. The number of nitrogens with zero attached hydrogens (tertiary/aromatic N) is 1. The lowest BCUT2D eigenvalue weighted by molar-refractivity contribution is -0.121. The van der Waals surface area contributed by atoms with Gasteiger partial charge in [-0.2, -0.15) is 0 Å². The number of rotatable bonds is 5. The fourth-order valence-corrected chi connectivity index (χ4v) is 3.08. The number of thiophene rings is 1. The average molecular weight is 296 g/mol. The van der Waals surface area contributed by atoms with E-state index in [-0.39, 0.29) is 18.9 Å². The van der Waals surface area contributed by atoms with Crippen LogP contribution in [0.25, 0.3) is 9.88 Å². The smallest absolute Gasteiger partial charge is 0.226 e. The van der Waals surface area contributed by atoms with Crippen molar-refractivity contribution in [2.45, 2.75) is 25.9 Å². The zero-order chi connectivity index (χ0) is 13.9. The van der Waals surface area contributed by atoms with Gasteiger partial charge in [0.1, 0.15) is 5.01 Å². The molecule has 19 heavy (non-hydrogen) atoms. The third-order valence-electron chi connectivity index (χ3n) is 2.34. The number of thiazole rings is 1. The Labute approximate surface area is 120 Å². The van der Waals surface area contributed by atoms with Crippen LogP contribution >= 0.6 is 22.7 Å². The molecule has 0 saturated carbocycles. The molecular weight excluding hydrogens is 280 g/mol. The zero-order valence-electron chi connectivity index (χ0n) is 10.8. The van der Waals surface area contributed by atoms with E-state index < -0.39 is 5.60 Å². The Morgan fingerprint density at radius 1 is 1.47 bits per heavy atom. The lowest BCUT2D eigenvalue weighted by Crippen LogP contribution is -2.38. The Kier molecular flexibility index (Phi) is 4.34. The first-order chi connectivity index (χ1) is 8.94. The topological polar surface area (TPSA) is 62.2 Å². The summed E-state index contributed by atoms with van der Waals surface area (Å²) in [5.41, 5.74) is -0.124. The summed E-state index contributed by atoms with van der Waals surface area (Å²) in [4.78, 5) is 17.3. The number of hydrogen-bond acceptors (Lipinski definition) is 5. The molecule has 0 fully saturated rings. The van der Waals surface area contributed by atoms with E-state index in [9.17, 15) is 9.90 Å². The van der Waals surface area contributed by atoms with Crippen molar-refractivity contribution in [3.63, 3.8) is 0 Å². The summed E-state index contributed by atoms with van der Waals surface area (Å²) in [6, 6.07) is 4.00. The molecule has 0 spiro atoms. The number of hydrogen-bond donors (Lipinski definition) is 2. The molecule has 0 aliphatic heterocycles. The number of carbonyl (C=O) groups is 1. The first-order valence-electron chi connectivity index (χ1n) is 5.91. The highest BCUT2D eigenvalue weighted by Gasteiger charge is 2.15. The second kappa shape index (κ2) is 5.81. The maximum atomic E-state index is 11.7. The van der Waals surface area contributed by atoms with Crippen LogP contribution in [0.3, 0.4) is 0 Å². The minimum Gasteiger partial charge on any atom is -0.389 e. The maximum absolute atomic E-state index is 11.7. The van der Waals surface area contributed by atoms with Crippen LogP contribution in [-0.2, 0) is 11.2 Å². The minimum atomic E-state index is -0.889. The van der Waals surface area contributed by atoms with Crippen molar-refractivity contribution < 1.29 is 9.90 Å². The van der Waals surface area contributed by atoms with Gasteiger partial charge in [-0.05, 0) is 25.3 Å². The van der Waals surface area contributed by atoms with Gasteiger partial charge in [-0.1, -0.05) is 6.07 Å². The molecule has 4 nitrogen and oxygen atoms in total. The summed E-state index contributed by atoms with van der Waals surface area (Å²) < 4.78 is 0. The summed E-state index contributed by atoms with van der Waals surface area (Å²) in [5.74, 6) is -0.120. The fraction of sp³-hybridized carbons (Fsp3) is 0.385. The molecule has 0 aliphatic carbocycles. The molecular formula is C13H16N2O2S2. The first kappa shape index (κ1) is 14.2. The highest BCUT2D eigenvalue weighted by Crippen LogP contribution is 2.27. The fourth-order valence-electron chi connectivity index (χ4n) is 1.44. The van der Waals surface area contributed by atoms with E-state index in [0.717, 1.165) is 15.6 Å². The lowest BCUT2D eigenvalue weighted by atomic mass is 10.1. The van der Waals surface area contributed by atoms with E-state index in [1.807, 2.05) is 22.9 Å². The molecule has 2 aromatic rings. The highest BCUT2D eigenvalue weighted by atomic mass is 32.1. The normalized spacial score (nSPS) is 11.5. The zero-order valence-corrected chi connectivity index (χ0v) is 12.5. The van der Waals surface area contributed by atoms with Crippen LogP contribution in [0.4, 0.5) is 0 Å². The lowest BCUT2D eigenvalue weighted by Gasteiger charge is -2.17. The average Bonchev–Trinajstić information content (AvgIpc) is 2.94. The predicted octanol–water partition coefficient (Wildman–Crippen LogP) is 2.30. The molecule has 2 rings (SSSR count). The van der Waals surface area contributed by atoms with Crippen molar-refractivity contribution in [3.8, 4) is 9.88 Å². The van der Waals surface area contributed by atoms with Gasteiger partial charge in [0.2, 0.25) is 5.91 Å². The van der Waals surface area contributed by atoms with E-state index >= 15 is 0 Å². The molecule has 102 valence electrons. The number of nitrogens with one attached hydrogen (secondary N) is 1. The minimum absolute atomic E-state index is 0.120. The van der Waals surface area contributed by atoms with Crippen LogP contribution < -0.4 is 5.32 Å². The summed E-state index contributed by atoms with van der Waals surface area (Å²) in [6.07, 6.45) is 0.248. The van der Waals surface area contributed by atoms with E-state index in [2.05, 4.69) is 10.3 Å². The molecule has 0 aromatic carbocycles. The van der Waals surface area contributed by atoms with Crippen LogP contribution in [0.2, 0.25) is 0 Å². The van der Waals surface area contributed by atoms with Gasteiger partial charge in [-0.3, -0.25) is 4.79 Å². The second-order valence-corrected chi connectivity index (χ2v) is 6.69. The van der Waals surface area contributed by atoms with Gasteiger partial charge < -0.3 is 10.4 Å². The van der Waals surface area contributed by atoms with Gasteiger partial charge in [0, 0.05) is 11.9 Å². The monoisotopic (exact) mass is 296 g/mol. The van der Waals surface area contributed by atoms with E-state index in [4.69, 9.17) is 0 Å². The van der Waals surface area contributed by atoms with E-state index in [1.165, 1.54) is 0 Å². The Morgan fingerprint density at radius 2 is 2.26 bits per heavy atom. The van der Waals surface area contributed by atoms with E-state index in [1.54, 1.807) is 36.5 Å². The maximum Gasteiger partial charge on any atom is 0.226 e. The van der Waals surface area contributed by atoms with Crippen LogP contribution in [0.1, 0.15) is 19.5 Å². The van der Waals surface area contributed by atoms with Crippen molar-refractivity contribution in [1.29, 1.82) is 0 Å². The van der Waals surface area contributed by atoms with Crippen molar-refractivity contribution in [2.24, 2.45) is 0 Å². The molecule has 0 aliphatic rings. The van der Waals surface area contributed by atoms with Crippen LogP contribution in [0.15, 0.2) is 22.9 Å². The summed E-state index contributed by atoms with van der Waals surface area (Å²) in [6.45, 7) is 3.56. The van der Waals surface area contributed by atoms with Gasteiger partial charge in [0.15, 0.2) is 0 Å². The van der Waals surface area contributed by atoms with Crippen LogP contribution in [0, 0.1) is 0 Å². The molecule has 2 aromatic heterocycles. The molecule has 2 N–H and O–H groups in total. The van der Waals surface area contributed by atoms with Crippen molar-refractivity contribution in [2.75, 3.05) is 6.54 Å². The van der Waals surface area contributed by atoms with E-state index in [0.29, 0.717) is 0 Å². The molecule has 1 amide bonds. The van der Waals surface area contributed by atoms with Crippen LogP contribution in [-0.4, -0.2) is 28.1 Å². The number of amides is 1. The third-order valence-corrected chi connectivity index (χ3v) is 4.27. The highest BCUT2D eigenvalue weighted by molar-refractivity contribution is 7.20. The standard InChI is InChI=1S/C13H16N2O2S2/c1-13(2,17)8-14-11(16)6-9-7-19-12(15-9)10-4-3-5-18-10/h3-5,7,17H,6,8H2,1-2H3,(H,14,16).